The number of hydrogen-bond acceptors (Lipinski definition) is 1. The van der Waals surface area contributed by atoms with E-state index >= 15 is 0 Å². The molecule has 0 aliphatic heterocycles. The van der Waals surface area contributed by atoms with Crippen LogP contribution < -0.4 is 0 Å². The molecule has 2 heteroatoms. The summed E-state index contributed by atoms with van der Waals surface area (Å²) < 4.78 is 1.56. The van der Waals surface area contributed by atoms with E-state index in [9.17, 15) is 0 Å². The Bertz CT molecular complexity index is 217. The van der Waals surface area contributed by atoms with E-state index in [2.05, 4.69) is 37.8 Å². The zero-order chi connectivity index (χ0) is 7.78. The lowest BCUT2D eigenvalue weighted by Crippen LogP contribution is -1.87. The number of hydrogen-bond donors (Lipinski definition) is 0. The summed E-state index contributed by atoms with van der Waals surface area (Å²) in [5.74, 6) is 0. The summed E-state index contributed by atoms with van der Waals surface area (Å²) in [5.41, 5.74) is 0. The van der Waals surface area contributed by atoms with Gasteiger partial charge in [0, 0.05) is 9.09 Å². The number of rotatable bonds is 1. The molecule has 0 fully saturated rings. The van der Waals surface area contributed by atoms with Crippen LogP contribution in [0.4, 0.5) is 0 Å². The molecule has 0 amide bonds. The maximum atomic E-state index is 2.33. The molecule has 1 rings (SSSR count). The second-order valence-electron chi connectivity index (χ2n) is 3.20. The molecule has 0 saturated carbocycles. The fourth-order valence-electron chi connectivity index (χ4n) is 0.741. The summed E-state index contributed by atoms with van der Waals surface area (Å²) in [4.78, 5) is 1.43. The molecule has 1 aromatic heterocycles. The van der Waals surface area contributed by atoms with E-state index in [0.717, 1.165) is 0 Å². The predicted molar refractivity (Wildman–Crippen MR) is 52.7 cm³/mol. The van der Waals surface area contributed by atoms with E-state index < -0.39 is 10.0 Å². The quantitative estimate of drug-likeness (QED) is 0.613. The third-order valence-electron chi connectivity index (χ3n) is 1.32. The Hall–Kier alpha value is 0.0500. The predicted octanol–water partition coefficient (Wildman–Crippen LogP) is 3.11. The number of thiophene rings is 1. The van der Waals surface area contributed by atoms with Crippen LogP contribution >= 0.6 is 21.4 Å². The molecule has 0 atom stereocenters. The Balaban J connectivity index is 2.96. The van der Waals surface area contributed by atoms with E-state index in [0.29, 0.717) is 0 Å². The topological polar surface area (TPSA) is 0 Å². The van der Waals surface area contributed by atoms with Crippen molar-refractivity contribution in [3.05, 3.63) is 17.0 Å². The van der Waals surface area contributed by atoms with Gasteiger partial charge >= 0.3 is 0 Å². The number of aryl methyl sites for hydroxylation is 1. The normalized spacial score (nSPS) is 13.6. The van der Waals surface area contributed by atoms with E-state index in [1.165, 1.54) is 4.88 Å². The minimum atomic E-state index is -0.463. The second kappa shape index (κ2) is 2.59. The molecule has 0 aromatic carbocycles. The molecule has 1 heterocycles. The van der Waals surface area contributed by atoms with Crippen LogP contribution in [0.15, 0.2) is 16.3 Å². The van der Waals surface area contributed by atoms with Crippen LogP contribution in [0.1, 0.15) is 4.88 Å². The average Bonchev–Trinajstić information content (AvgIpc) is 2.11. The van der Waals surface area contributed by atoms with Crippen molar-refractivity contribution in [2.75, 3.05) is 18.8 Å². The van der Waals surface area contributed by atoms with Crippen LogP contribution in [0.5, 0.6) is 0 Å². The molecule has 0 spiro atoms. The SMILES string of the molecule is Cc1ccc(S(C)(C)C)s1. The highest BCUT2D eigenvalue weighted by atomic mass is 32.3. The molecule has 0 radical (unpaired) electrons. The third kappa shape index (κ3) is 1.77. The van der Waals surface area contributed by atoms with Gasteiger partial charge < -0.3 is 0 Å². The van der Waals surface area contributed by atoms with E-state index in [1.54, 1.807) is 4.21 Å². The zero-order valence-electron chi connectivity index (χ0n) is 6.97. The van der Waals surface area contributed by atoms with Crippen molar-refractivity contribution in [3.63, 3.8) is 0 Å². The second-order valence-corrected chi connectivity index (χ2v) is 8.86. The Labute approximate surface area is 68.6 Å². The van der Waals surface area contributed by atoms with Crippen molar-refractivity contribution < 1.29 is 0 Å². The maximum absolute atomic E-state index is 2.33. The minimum Gasteiger partial charge on any atom is -0.214 e. The Morgan fingerprint density at radius 1 is 1.20 bits per heavy atom. The van der Waals surface area contributed by atoms with Gasteiger partial charge in [-0.05, 0) is 37.8 Å². The van der Waals surface area contributed by atoms with Gasteiger partial charge in [-0.25, -0.2) is 10.0 Å². The summed E-state index contributed by atoms with van der Waals surface area (Å²) in [6.07, 6.45) is 6.99. The van der Waals surface area contributed by atoms with E-state index in [1.807, 2.05) is 11.3 Å². The van der Waals surface area contributed by atoms with Crippen LogP contribution in [0, 0.1) is 6.92 Å². The van der Waals surface area contributed by atoms with Gasteiger partial charge in [0.1, 0.15) is 0 Å². The zero-order valence-corrected chi connectivity index (χ0v) is 8.60. The largest absolute Gasteiger partial charge is 0.214 e. The highest BCUT2D eigenvalue weighted by molar-refractivity contribution is 8.33. The van der Waals surface area contributed by atoms with Gasteiger partial charge in [-0.2, -0.15) is 0 Å². The van der Waals surface area contributed by atoms with Crippen LogP contribution in [0.25, 0.3) is 0 Å². The van der Waals surface area contributed by atoms with Crippen LogP contribution in [-0.4, -0.2) is 18.8 Å². The standard InChI is InChI=1S/C8H14S2/c1-7-5-6-8(9-7)10(2,3)4/h5-6H,1-4H3. The molecule has 0 aliphatic rings. The molecule has 0 nitrogen and oxygen atoms in total. The monoisotopic (exact) mass is 174 g/mol. The minimum absolute atomic E-state index is 0.463. The molecule has 10 heavy (non-hydrogen) atoms. The first-order valence-electron chi connectivity index (χ1n) is 3.25. The first-order chi connectivity index (χ1) is 4.50. The first kappa shape index (κ1) is 8.15. The fourth-order valence-corrected chi connectivity index (χ4v) is 3.20. The molecular weight excluding hydrogens is 160 g/mol. The summed E-state index contributed by atoms with van der Waals surface area (Å²) in [7, 11) is -0.463. The lowest BCUT2D eigenvalue weighted by atomic mass is 10.5. The summed E-state index contributed by atoms with van der Waals surface area (Å²) in [5, 5.41) is 0. The van der Waals surface area contributed by atoms with Crippen molar-refractivity contribution in [1.29, 1.82) is 0 Å². The van der Waals surface area contributed by atoms with E-state index in [-0.39, 0.29) is 0 Å². The van der Waals surface area contributed by atoms with Gasteiger partial charge in [0.15, 0.2) is 0 Å². The Morgan fingerprint density at radius 2 is 1.80 bits per heavy atom. The Morgan fingerprint density at radius 3 is 2.00 bits per heavy atom. The van der Waals surface area contributed by atoms with Gasteiger partial charge in [-0.15, -0.1) is 11.3 Å². The molecule has 0 N–H and O–H groups in total. The molecule has 0 unspecified atom stereocenters. The lowest BCUT2D eigenvalue weighted by Gasteiger charge is -2.22. The van der Waals surface area contributed by atoms with Crippen molar-refractivity contribution in [2.45, 2.75) is 11.1 Å². The van der Waals surface area contributed by atoms with E-state index in [4.69, 9.17) is 0 Å². The van der Waals surface area contributed by atoms with Gasteiger partial charge in [0.05, 0.1) is 0 Å². The van der Waals surface area contributed by atoms with Gasteiger partial charge in [-0.1, -0.05) is 0 Å². The summed E-state index contributed by atoms with van der Waals surface area (Å²) in [6.45, 7) is 2.17. The third-order valence-corrected chi connectivity index (χ3v) is 5.21. The van der Waals surface area contributed by atoms with Gasteiger partial charge in [-0.3, -0.25) is 0 Å². The molecule has 0 aliphatic carbocycles. The van der Waals surface area contributed by atoms with Crippen molar-refractivity contribution in [3.8, 4) is 0 Å². The van der Waals surface area contributed by atoms with Gasteiger partial charge in [0.2, 0.25) is 0 Å². The molecule has 0 saturated heterocycles. The van der Waals surface area contributed by atoms with Crippen molar-refractivity contribution >= 4 is 21.4 Å². The van der Waals surface area contributed by atoms with Crippen LogP contribution in [-0.2, 0) is 0 Å². The molecule has 1 aromatic rings. The summed E-state index contributed by atoms with van der Waals surface area (Å²) >= 11 is 1.93. The molecule has 58 valence electrons. The smallest absolute Gasteiger partial charge is 0.0424 e. The fraction of sp³-hybridized carbons (Fsp3) is 0.500. The van der Waals surface area contributed by atoms with Gasteiger partial charge in [0.25, 0.3) is 0 Å². The maximum Gasteiger partial charge on any atom is 0.0424 e. The Kier molecular flexibility index (Phi) is 2.11. The van der Waals surface area contributed by atoms with Crippen molar-refractivity contribution in [1.82, 2.24) is 0 Å². The van der Waals surface area contributed by atoms with Crippen LogP contribution in [0.2, 0.25) is 0 Å². The van der Waals surface area contributed by atoms with Crippen LogP contribution in [0.3, 0.4) is 0 Å². The summed E-state index contributed by atoms with van der Waals surface area (Å²) in [6, 6.07) is 4.47. The highest BCUT2D eigenvalue weighted by Gasteiger charge is 2.08. The molecular formula is C8H14S2. The first-order valence-corrected chi connectivity index (χ1v) is 6.92. The average molecular weight is 174 g/mol. The molecule has 0 bridgehead atoms. The lowest BCUT2D eigenvalue weighted by molar-refractivity contribution is 1.62. The highest BCUT2D eigenvalue weighted by Crippen LogP contribution is 2.48. The van der Waals surface area contributed by atoms with Crippen molar-refractivity contribution in [2.24, 2.45) is 0 Å².